The lowest BCUT2D eigenvalue weighted by molar-refractivity contribution is -0.240. The molecule has 42 heavy (non-hydrogen) atoms. The third-order valence-electron chi connectivity index (χ3n) is 8.61. The molecule has 0 aliphatic carbocycles. The van der Waals surface area contributed by atoms with Gasteiger partial charge in [-0.3, -0.25) is 0 Å². The number of para-hydroxylation sites is 1. The highest BCUT2D eigenvalue weighted by Crippen LogP contribution is 2.28. The van der Waals surface area contributed by atoms with Crippen molar-refractivity contribution in [3.05, 3.63) is 47.9 Å². The number of nitrogens with one attached hydrogen (secondary N) is 1. The zero-order chi connectivity index (χ0) is 29.3. The van der Waals surface area contributed by atoms with Crippen molar-refractivity contribution in [2.75, 3.05) is 32.8 Å². The van der Waals surface area contributed by atoms with Gasteiger partial charge in [-0.05, 0) is 56.2 Å². The van der Waals surface area contributed by atoms with Crippen molar-refractivity contribution in [3.8, 4) is 0 Å². The van der Waals surface area contributed by atoms with E-state index in [2.05, 4.69) is 64.5 Å². The zero-order valence-electron chi connectivity index (χ0n) is 25.2. The Kier molecular flexibility index (Phi) is 11.4. The average molecular weight is 584 g/mol. The summed E-state index contributed by atoms with van der Waals surface area (Å²) >= 11 is 0. The number of aliphatic hydroxyl groups is 2. The Morgan fingerprint density at radius 2 is 1.93 bits per heavy atom. The van der Waals surface area contributed by atoms with Gasteiger partial charge in [0.1, 0.15) is 30.1 Å². The Bertz CT molecular complexity index is 1210. The minimum Gasteiger partial charge on any atom is -0.388 e. The Balaban J connectivity index is 1.31. The van der Waals surface area contributed by atoms with E-state index in [4.69, 9.17) is 14.2 Å². The normalized spacial score (nSPS) is 27.2. The average Bonchev–Trinajstić information content (AvgIpc) is 3.61. The van der Waals surface area contributed by atoms with Crippen LogP contribution in [-0.2, 0) is 33.8 Å². The van der Waals surface area contributed by atoms with Gasteiger partial charge in [-0.25, -0.2) is 4.68 Å². The van der Waals surface area contributed by atoms with Crippen LogP contribution in [0.4, 0.5) is 0 Å². The largest absolute Gasteiger partial charge is 0.388 e. The molecule has 0 amide bonds. The summed E-state index contributed by atoms with van der Waals surface area (Å²) < 4.78 is 20.2. The minimum atomic E-state index is -1.09. The summed E-state index contributed by atoms with van der Waals surface area (Å²) in [7, 11) is 0. The number of H-pyrrole nitrogens is 1. The van der Waals surface area contributed by atoms with Gasteiger partial charge in [0.15, 0.2) is 0 Å². The van der Waals surface area contributed by atoms with E-state index in [1.165, 1.54) is 16.5 Å². The molecule has 232 valence electrons. The Morgan fingerprint density at radius 3 is 2.81 bits per heavy atom. The molecule has 2 aliphatic heterocycles. The van der Waals surface area contributed by atoms with Crippen LogP contribution in [0, 0.1) is 5.92 Å². The van der Waals surface area contributed by atoms with Gasteiger partial charge >= 0.3 is 0 Å². The van der Waals surface area contributed by atoms with Crippen molar-refractivity contribution >= 4 is 10.9 Å². The van der Waals surface area contributed by atoms with E-state index in [-0.39, 0.29) is 6.10 Å². The fraction of sp³-hybridized carbons (Fsp3) is 0.688. The maximum absolute atomic E-state index is 11.2. The molecule has 1 fully saturated rings. The fourth-order valence-corrected chi connectivity index (χ4v) is 6.06. The summed E-state index contributed by atoms with van der Waals surface area (Å²) in [5.41, 5.74) is 3.25. The SMILES string of the molecule is CC(C)CCO[C@@H]1[C@@H](O)[C@@H](O)[C@H]2Cn3cc(nn3)COCCCCCCN(CCc3c[nH]c4ccccc34)CC[C@H]1O2. The van der Waals surface area contributed by atoms with Gasteiger partial charge in [-0.1, -0.05) is 50.1 Å². The molecule has 5 rings (SSSR count). The van der Waals surface area contributed by atoms with Crippen molar-refractivity contribution in [1.29, 1.82) is 0 Å². The molecule has 2 aromatic heterocycles. The van der Waals surface area contributed by atoms with Crippen molar-refractivity contribution in [2.24, 2.45) is 5.92 Å². The van der Waals surface area contributed by atoms with Crippen LogP contribution in [0.2, 0.25) is 0 Å². The first kappa shape index (κ1) is 31.1. The zero-order valence-corrected chi connectivity index (χ0v) is 25.2. The van der Waals surface area contributed by atoms with Gasteiger partial charge < -0.3 is 34.3 Å². The number of hydrogen-bond donors (Lipinski definition) is 3. The molecule has 5 atom stereocenters. The van der Waals surface area contributed by atoms with Crippen LogP contribution in [0.3, 0.4) is 0 Å². The lowest BCUT2D eigenvalue weighted by Gasteiger charge is -2.43. The summed E-state index contributed by atoms with van der Waals surface area (Å²) in [6.45, 7) is 9.00. The lowest BCUT2D eigenvalue weighted by atomic mass is 9.92. The molecule has 2 aliphatic rings. The minimum absolute atomic E-state index is 0.296. The highest BCUT2D eigenvalue weighted by molar-refractivity contribution is 5.83. The predicted octanol–water partition coefficient (Wildman–Crippen LogP) is 3.71. The van der Waals surface area contributed by atoms with Crippen LogP contribution in [0.5, 0.6) is 0 Å². The molecule has 4 bridgehead atoms. The van der Waals surface area contributed by atoms with Crippen LogP contribution in [-0.4, -0.2) is 98.5 Å². The van der Waals surface area contributed by atoms with Crippen LogP contribution in [0.15, 0.2) is 36.7 Å². The number of rotatable bonds is 7. The summed E-state index contributed by atoms with van der Waals surface area (Å²) in [4.78, 5) is 5.93. The van der Waals surface area contributed by atoms with E-state index in [9.17, 15) is 10.2 Å². The maximum Gasteiger partial charge on any atom is 0.112 e. The summed E-state index contributed by atoms with van der Waals surface area (Å²) in [6.07, 6.45) is 7.25. The second-order valence-corrected chi connectivity index (χ2v) is 12.4. The first-order valence-corrected chi connectivity index (χ1v) is 15.8. The third kappa shape index (κ3) is 8.39. The number of hydrogen-bond acceptors (Lipinski definition) is 8. The van der Waals surface area contributed by atoms with E-state index in [0.29, 0.717) is 38.7 Å². The van der Waals surface area contributed by atoms with E-state index < -0.39 is 24.4 Å². The molecular weight excluding hydrogens is 534 g/mol. The monoisotopic (exact) mass is 583 g/mol. The molecule has 0 radical (unpaired) electrons. The molecule has 3 aromatic rings. The molecule has 1 saturated heterocycles. The van der Waals surface area contributed by atoms with Crippen molar-refractivity contribution in [1.82, 2.24) is 24.9 Å². The highest BCUT2D eigenvalue weighted by Gasteiger charge is 2.45. The molecule has 10 nitrogen and oxygen atoms in total. The summed E-state index contributed by atoms with van der Waals surface area (Å²) in [6, 6.07) is 8.46. The lowest BCUT2D eigenvalue weighted by Crippen LogP contribution is -2.59. The van der Waals surface area contributed by atoms with Gasteiger partial charge in [0.2, 0.25) is 0 Å². The molecule has 10 heteroatoms. The topological polar surface area (TPSA) is 118 Å². The summed E-state index contributed by atoms with van der Waals surface area (Å²) in [5, 5.41) is 32.0. The Hall–Kier alpha value is -2.34. The van der Waals surface area contributed by atoms with E-state index in [0.717, 1.165) is 63.9 Å². The number of aromatic amines is 1. The molecule has 0 spiro atoms. The molecule has 1 aromatic carbocycles. The molecule has 4 heterocycles. The quantitative estimate of drug-likeness (QED) is 0.386. The van der Waals surface area contributed by atoms with Gasteiger partial charge in [0.05, 0.1) is 25.5 Å². The second kappa shape index (κ2) is 15.4. The third-order valence-corrected chi connectivity index (χ3v) is 8.61. The molecule has 3 N–H and O–H groups in total. The van der Waals surface area contributed by atoms with Crippen LogP contribution >= 0.6 is 0 Å². The number of benzene rings is 1. The van der Waals surface area contributed by atoms with Crippen molar-refractivity contribution in [3.63, 3.8) is 0 Å². The van der Waals surface area contributed by atoms with Gasteiger partial charge in [-0.2, -0.15) is 0 Å². The molecular formula is C32H49N5O5. The number of fused-ring (bicyclic) bond motifs is 5. The van der Waals surface area contributed by atoms with Crippen molar-refractivity contribution in [2.45, 2.75) is 102 Å². The first-order chi connectivity index (χ1) is 20.5. The second-order valence-electron chi connectivity index (χ2n) is 12.4. The molecule has 0 unspecified atom stereocenters. The van der Waals surface area contributed by atoms with Gasteiger partial charge in [0, 0.05) is 43.4 Å². The van der Waals surface area contributed by atoms with Gasteiger partial charge in [-0.15, -0.1) is 5.10 Å². The smallest absolute Gasteiger partial charge is 0.112 e. The van der Waals surface area contributed by atoms with Crippen LogP contribution in [0.1, 0.15) is 63.6 Å². The Morgan fingerprint density at radius 1 is 1.07 bits per heavy atom. The highest BCUT2D eigenvalue weighted by atomic mass is 16.6. The Labute approximate surface area is 249 Å². The van der Waals surface area contributed by atoms with E-state index >= 15 is 0 Å². The van der Waals surface area contributed by atoms with Crippen LogP contribution < -0.4 is 0 Å². The fourth-order valence-electron chi connectivity index (χ4n) is 6.06. The summed E-state index contributed by atoms with van der Waals surface area (Å²) in [5.74, 6) is 0.486. The number of ether oxygens (including phenoxy) is 3. The standard InChI is InChI=1S/C32H49N5O5/c1-23(2)13-18-41-32-28-12-16-36(15-11-24-19-33-27-10-6-5-9-26(24)27)14-7-3-4-8-17-40-22-25-20-37(35-34-25)21-29(42-28)30(38)31(32)39/h5-6,9-10,19-20,23,28-33,38-39H,3-4,7-8,11-18,21-22H2,1-2H3/t28-,29-,30+,31+,32+/m1/s1. The number of nitrogens with zero attached hydrogens (tertiary/aromatic N) is 4. The van der Waals surface area contributed by atoms with Crippen molar-refractivity contribution < 1.29 is 24.4 Å². The van der Waals surface area contributed by atoms with Gasteiger partial charge in [0.25, 0.3) is 0 Å². The maximum atomic E-state index is 11.2. The predicted molar refractivity (Wildman–Crippen MR) is 161 cm³/mol. The molecule has 0 saturated carbocycles. The van der Waals surface area contributed by atoms with Crippen LogP contribution in [0.25, 0.3) is 10.9 Å². The van der Waals surface area contributed by atoms with E-state index in [1.54, 1.807) is 4.68 Å². The number of aliphatic hydroxyl groups excluding tert-OH is 2. The van der Waals surface area contributed by atoms with E-state index in [1.807, 2.05) is 6.20 Å². The number of aromatic nitrogens is 4. The first-order valence-electron chi connectivity index (χ1n) is 15.8.